The van der Waals surface area contributed by atoms with Crippen LogP contribution in [0.2, 0.25) is 10.0 Å². The van der Waals surface area contributed by atoms with Crippen LogP contribution in [0.1, 0.15) is 17.2 Å². The second kappa shape index (κ2) is 7.25. The van der Waals surface area contributed by atoms with Crippen molar-refractivity contribution in [2.75, 3.05) is 4.90 Å². The number of hydrogen-bond donors (Lipinski definition) is 0. The molecular formula is C24H19Cl2N5O3. The Morgan fingerprint density at radius 1 is 0.971 bits per heavy atom. The van der Waals surface area contributed by atoms with Gasteiger partial charge in [0.2, 0.25) is 5.66 Å². The van der Waals surface area contributed by atoms with Gasteiger partial charge in [-0.25, -0.2) is 18.8 Å². The minimum atomic E-state index is -1.28. The summed E-state index contributed by atoms with van der Waals surface area (Å²) in [5.41, 5.74) is 0.0697. The predicted molar refractivity (Wildman–Crippen MR) is 131 cm³/mol. The molecule has 3 atom stereocenters. The van der Waals surface area contributed by atoms with E-state index in [1.54, 1.807) is 18.2 Å². The van der Waals surface area contributed by atoms with Crippen molar-refractivity contribution < 1.29 is 4.84 Å². The molecule has 0 fully saturated rings. The fourth-order valence-corrected chi connectivity index (χ4v) is 5.44. The summed E-state index contributed by atoms with van der Waals surface area (Å²) in [4.78, 5) is 34.5. The van der Waals surface area contributed by atoms with Gasteiger partial charge in [-0.3, -0.25) is 4.90 Å². The smallest absolute Gasteiger partial charge is 0.349 e. The highest BCUT2D eigenvalue weighted by Gasteiger charge is 2.56. The monoisotopic (exact) mass is 495 g/mol. The number of halogens is 2. The Kier molecular flexibility index (Phi) is 4.49. The number of benzene rings is 2. The van der Waals surface area contributed by atoms with Gasteiger partial charge in [0, 0.05) is 12.7 Å². The highest BCUT2D eigenvalue weighted by Crippen LogP contribution is 2.44. The summed E-state index contributed by atoms with van der Waals surface area (Å²) < 4.78 is 3.99. The van der Waals surface area contributed by atoms with Crippen molar-refractivity contribution in [2.45, 2.75) is 24.7 Å². The summed E-state index contributed by atoms with van der Waals surface area (Å²) in [6.45, 7) is 1.99. The van der Waals surface area contributed by atoms with E-state index in [-0.39, 0.29) is 0 Å². The molecule has 1 spiro atoms. The van der Waals surface area contributed by atoms with Crippen LogP contribution in [0.15, 0.2) is 81.5 Å². The summed E-state index contributed by atoms with van der Waals surface area (Å²) in [6, 6.07) is 12.5. The molecule has 0 amide bonds. The Morgan fingerprint density at radius 3 is 2.38 bits per heavy atom. The lowest BCUT2D eigenvalue weighted by atomic mass is 9.95. The maximum atomic E-state index is 13.5. The Balaban J connectivity index is 1.74. The maximum absolute atomic E-state index is 13.5. The van der Waals surface area contributed by atoms with Gasteiger partial charge < -0.3 is 4.84 Å². The van der Waals surface area contributed by atoms with Crippen LogP contribution in [0.4, 0.5) is 5.69 Å². The van der Waals surface area contributed by atoms with Crippen LogP contribution >= 0.6 is 23.2 Å². The molecule has 0 unspecified atom stereocenters. The zero-order valence-corrected chi connectivity index (χ0v) is 19.7. The van der Waals surface area contributed by atoms with Crippen molar-refractivity contribution in [3.8, 4) is 0 Å². The molecule has 4 aliphatic rings. The van der Waals surface area contributed by atoms with Crippen molar-refractivity contribution >= 4 is 34.7 Å². The van der Waals surface area contributed by atoms with Gasteiger partial charge in [0.1, 0.15) is 0 Å². The molecule has 0 saturated carbocycles. The van der Waals surface area contributed by atoms with E-state index in [0.29, 0.717) is 21.4 Å². The summed E-state index contributed by atoms with van der Waals surface area (Å²) in [7, 11) is 1.47. The molecule has 0 saturated heterocycles. The summed E-state index contributed by atoms with van der Waals surface area (Å²) in [5.74, 6) is 0.323. The quantitative estimate of drug-likeness (QED) is 0.509. The molecule has 3 aliphatic heterocycles. The van der Waals surface area contributed by atoms with Crippen LogP contribution in [0.3, 0.4) is 0 Å². The van der Waals surface area contributed by atoms with Crippen molar-refractivity contribution in [2.24, 2.45) is 12.2 Å². The molecule has 0 N–H and O–H groups in total. The first-order chi connectivity index (χ1) is 16.3. The Labute approximate surface area is 204 Å². The van der Waals surface area contributed by atoms with E-state index < -0.39 is 29.2 Å². The third kappa shape index (κ3) is 2.63. The minimum absolute atomic E-state index is 0.323. The van der Waals surface area contributed by atoms with Crippen molar-refractivity contribution in [3.05, 3.63) is 109 Å². The maximum Gasteiger partial charge on any atom is 0.349 e. The van der Waals surface area contributed by atoms with Crippen molar-refractivity contribution in [1.29, 1.82) is 0 Å². The number of oxime groups is 1. The number of aromatic nitrogens is 3. The average molecular weight is 496 g/mol. The normalized spacial score (nSPS) is 24.4. The van der Waals surface area contributed by atoms with Gasteiger partial charge in [-0.05, 0) is 43.3 Å². The highest BCUT2D eigenvalue weighted by atomic mass is 35.5. The number of aryl methyl sites for hydroxylation is 1. The van der Waals surface area contributed by atoms with Crippen LogP contribution in [0, 0.1) is 6.92 Å². The van der Waals surface area contributed by atoms with E-state index in [2.05, 4.69) is 5.16 Å². The number of hydrogen-bond acceptors (Lipinski definition) is 5. The first-order valence-corrected chi connectivity index (χ1v) is 11.4. The average Bonchev–Trinajstić information content (AvgIpc) is 2.98. The summed E-state index contributed by atoms with van der Waals surface area (Å²) >= 11 is 13.2. The van der Waals surface area contributed by atoms with Crippen LogP contribution < -0.4 is 16.3 Å². The first kappa shape index (κ1) is 21.1. The van der Waals surface area contributed by atoms with E-state index in [1.807, 2.05) is 60.4 Å². The molecule has 34 heavy (non-hydrogen) atoms. The van der Waals surface area contributed by atoms with Gasteiger partial charge in [0.05, 0.1) is 21.7 Å². The van der Waals surface area contributed by atoms with Crippen molar-refractivity contribution in [1.82, 2.24) is 13.9 Å². The first-order valence-electron chi connectivity index (χ1n) is 10.7. The molecule has 4 heterocycles. The number of allylic oxidation sites excluding steroid dienone is 2. The van der Waals surface area contributed by atoms with E-state index in [0.717, 1.165) is 15.8 Å². The molecule has 7 rings (SSSR count). The fraction of sp³-hybridized carbons (Fsp3) is 0.208. The van der Waals surface area contributed by atoms with E-state index >= 15 is 0 Å². The van der Waals surface area contributed by atoms with E-state index in [9.17, 15) is 9.59 Å². The second-order valence-electron chi connectivity index (χ2n) is 8.51. The number of rotatable bonds is 2. The molecular weight excluding hydrogens is 477 g/mol. The molecule has 0 radical (unpaired) electrons. The lowest BCUT2D eigenvalue weighted by molar-refractivity contribution is -0.00101. The zero-order chi connectivity index (χ0) is 23.8. The molecule has 8 nitrogen and oxygen atoms in total. The summed E-state index contributed by atoms with van der Waals surface area (Å²) in [6.07, 6.45) is 6.73. The minimum Gasteiger partial charge on any atom is -0.381 e. The van der Waals surface area contributed by atoms with Gasteiger partial charge >= 0.3 is 11.4 Å². The Morgan fingerprint density at radius 2 is 1.68 bits per heavy atom. The van der Waals surface area contributed by atoms with Crippen LogP contribution in [0.25, 0.3) is 0 Å². The molecule has 3 aromatic rings. The van der Waals surface area contributed by atoms with Crippen LogP contribution in [-0.2, 0) is 17.5 Å². The SMILES string of the molecule is Cc1ccc(N2C(c3c(Cl)cccc3Cl)=NO[C@@H]3C=C[C@H]4C=C[C@]32n2c(=O)n(C)c(=O)n24)cc1. The van der Waals surface area contributed by atoms with Crippen molar-refractivity contribution in [3.63, 3.8) is 0 Å². The zero-order valence-electron chi connectivity index (χ0n) is 18.2. The lowest BCUT2D eigenvalue weighted by Crippen LogP contribution is -2.66. The predicted octanol–water partition coefficient (Wildman–Crippen LogP) is 3.56. The number of amidine groups is 1. The van der Waals surface area contributed by atoms with Gasteiger partial charge in [-0.1, -0.05) is 64.3 Å². The van der Waals surface area contributed by atoms with E-state index in [1.165, 1.54) is 16.4 Å². The van der Waals surface area contributed by atoms with E-state index in [4.69, 9.17) is 28.0 Å². The summed E-state index contributed by atoms with van der Waals surface area (Å²) in [5, 5.41) is 5.20. The molecule has 10 heteroatoms. The van der Waals surface area contributed by atoms with Crippen LogP contribution in [0.5, 0.6) is 0 Å². The van der Waals surface area contributed by atoms with Gasteiger partial charge in [0.25, 0.3) is 0 Å². The van der Waals surface area contributed by atoms with Crippen LogP contribution in [-0.4, -0.2) is 25.9 Å². The molecule has 2 bridgehead atoms. The number of nitrogens with zero attached hydrogens (tertiary/aromatic N) is 5. The second-order valence-corrected chi connectivity index (χ2v) is 9.32. The highest BCUT2D eigenvalue weighted by molar-refractivity contribution is 6.41. The third-order valence-corrected chi connectivity index (χ3v) is 7.16. The Hall–Kier alpha value is -3.49. The molecule has 1 aromatic heterocycles. The standard InChI is InChI=1S/C24H19Cl2N5O3/c1-14-6-8-15(9-7-14)29-21(20-17(25)4-3-5-18(20)26)27-34-19-11-10-16-12-13-24(19,29)31-23(33)28(2)22(32)30(16)31/h3-13,16,19H,1-2H3/t16-,19+,24-/m0/s1. The topological polar surface area (TPSA) is 73.8 Å². The number of anilines is 1. The molecule has 1 aliphatic carbocycles. The largest absolute Gasteiger partial charge is 0.381 e. The Bertz CT molecular complexity index is 1530. The lowest BCUT2D eigenvalue weighted by Gasteiger charge is -2.49. The fourth-order valence-electron chi connectivity index (χ4n) is 4.87. The molecule has 172 valence electrons. The molecule has 2 aromatic carbocycles. The van der Waals surface area contributed by atoms with Gasteiger partial charge in [-0.15, -0.1) is 0 Å². The van der Waals surface area contributed by atoms with Gasteiger partial charge in [0.15, 0.2) is 11.9 Å². The van der Waals surface area contributed by atoms with Gasteiger partial charge in [-0.2, -0.15) is 4.68 Å². The third-order valence-electron chi connectivity index (χ3n) is 6.53.